The second kappa shape index (κ2) is 6.81. The summed E-state index contributed by atoms with van der Waals surface area (Å²) in [7, 11) is 0. The summed E-state index contributed by atoms with van der Waals surface area (Å²) >= 11 is 3.26. The molecule has 0 aromatic carbocycles. The molecule has 1 unspecified atom stereocenters. The Morgan fingerprint density at radius 1 is 1.40 bits per heavy atom. The van der Waals surface area contributed by atoms with Gasteiger partial charge in [-0.15, -0.1) is 0 Å². The van der Waals surface area contributed by atoms with Crippen LogP contribution in [-0.2, 0) is 9.53 Å². The highest BCUT2D eigenvalue weighted by atomic mass is 79.9. The van der Waals surface area contributed by atoms with Crippen molar-refractivity contribution in [2.45, 2.75) is 13.0 Å². The van der Waals surface area contributed by atoms with Crippen molar-refractivity contribution in [1.29, 1.82) is 0 Å². The molecule has 1 aromatic heterocycles. The first-order chi connectivity index (χ1) is 9.58. The number of carbonyl (C=O) groups is 2. The Hall–Kier alpha value is -1.47. The van der Waals surface area contributed by atoms with Gasteiger partial charge in [-0.05, 0) is 28.9 Å². The van der Waals surface area contributed by atoms with Crippen molar-refractivity contribution in [2.75, 3.05) is 26.3 Å². The van der Waals surface area contributed by atoms with E-state index in [4.69, 9.17) is 4.74 Å². The van der Waals surface area contributed by atoms with Crippen LogP contribution in [0.25, 0.3) is 0 Å². The van der Waals surface area contributed by atoms with Gasteiger partial charge in [-0.1, -0.05) is 0 Å². The first-order valence-electron chi connectivity index (χ1n) is 6.36. The van der Waals surface area contributed by atoms with E-state index in [-0.39, 0.29) is 11.8 Å². The van der Waals surface area contributed by atoms with E-state index in [9.17, 15) is 9.59 Å². The monoisotopic (exact) mass is 341 g/mol. The minimum Gasteiger partial charge on any atom is -0.378 e. The number of hydrogen-bond donors (Lipinski definition) is 1. The zero-order valence-electron chi connectivity index (χ0n) is 11.1. The highest BCUT2D eigenvalue weighted by Crippen LogP contribution is 2.10. The minimum absolute atomic E-state index is 0.0930. The number of amides is 2. The third kappa shape index (κ3) is 3.77. The Kier molecular flexibility index (Phi) is 5.08. The number of ether oxygens (including phenoxy) is 1. The molecule has 1 N–H and O–H groups in total. The number of halogens is 1. The molecule has 1 aliphatic rings. The molecule has 0 spiro atoms. The van der Waals surface area contributed by atoms with Crippen LogP contribution in [0.4, 0.5) is 0 Å². The second-order valence-electron chi connectivity index (χ2n) is 4.52. The fraction of sp³-hybridized carbons (Fsp3) is 0.462. The molecule has 1 aromatic rings. The van der Waals surface area contributed by atoms with E-state index >= 15 is 0 Å². The number of pyridine rings is 1. The fourth-order valence-electron chi connectivity index (χ4n) is 1.94. The van der Waals surface area contributed by atoms with Gasteiger partial charge < -0.3 is 15.0 Å². The topological polar surface area (TPSA) is 71.5 Å². The molecule has 0 saturated carbocycles. The van der Waals surface area contributed by atoms with E-state index in [0.717, 1.165) is 4.47 Å². The number of carbonyl (C=O) groups excluding carboxylic acids is 2. The number of aromatic nitrogens is 1. The number of nitrogens with one attached hydrogen (secondary N) is 1. The molecule has 6 nitrogen and oxygen atoms in total. The maximum absolute atomic E-state index is 12.2. The summed E-state index contributed by atoms with van der Waals surface area (Å²) in [6, 6.07) is 1.09. The Morgan fingerprint density at radius 3 is 2.75 bits per heavy atom. The van der Waals surface area contributed by atoms with Crippen molar-refractivity contribution >= 4 is 27.7 Å². The van der Waals surface area contributed by atoms with Crippen molar-refractivity contribution in [3.63, 3.8) is 0 Å². The molecule has 2 amide bonds. The molecule has 108 valence electrons. The van der Waals surface area contributed by atoms with Crippen LogP contribution >= 0.6 is 15.9 Å². The highest BCUT2D eigenvalue weighted by Gasteiger charge is 2.24. The molecule has 1 saturated heterocycles. The Labute approximate surface area is 125 Å². The minimum atomic E-state index is -0.570. The van der Waals surface area contributed by atoms with Crippen LogP contribution in [0.1, 0.15) is 17.3 Å². The molecule has 2 heterocycles. The lowest BCUT2D eigenvalue weighted by Gasteiger charge is -2.29. The smallest absolute Gasteiger partial charge is 0.253 e. The van der Waals surface area contributed by atoms with E-state index in [0.29, 0.717) is 31.9 Å². The van der Waals surface area contributed by atoms with Crippen molar-refractivity contribution in [3.05, 3.63) is 28.5 Å². The first kappa shape index (κ1) is 14.9. The standard InChI is InChI=1S/C13H16BrN3O3/c1-9(13(19)17-2-4-20-5-3-17)16-12(18)10-6-11(14)8-15-7-10/h6-9H,2-5H2,1H3,(H,16,18). The molecule has 7 heteroatoms. The van der Waals surface area contributed by atoms with E-state index in [2.05, 4.69) is 26.2 Å². The molecule has 1 fully saturated rings. The van der Waals surface area contributed by atoms with Crippen molar-refractivity contribution in [2.24, 2.45) is 0 Å². The Bertz CT molecular complexity index is 503. The third-order valence-corrected chi connectivity index (χ3v) is 3.44. The van der Waals surface area contributed by atoms with Gasteiger partial charge in [-0.3, -0.25) is 14.6 Å². The van der Waals surface area contributed by atoms with Gasteiger partial charge in [-0.25, -0.2) is 0 Å². The fourth-order valence-corrected chi connectivity index (χ4v) is 2.30. The predicted molar refractivity (Wildman–Crippen MR) is 76.3 cm³/mol. The van der Waals surface area contributed by atoms with E-state index < -0.39 is 6.04 Å². The SMILES string of the molecule is CC(NC(=O)c1cncc(Br)c1)C(=O)N1CCOCC1. The average molecular weight is 342 g/mol. The summed E-state index contributed by atoms with van der Waals surface area (Å²) < 4.78 is 5.92. The number of hydrogen-bond acceptors (Lipinski definition) is 4. The molecule has 0 bridgehead atoms. The summed E-state index contributed by atoms with van der Waals surface area (Å²) in [6.45, 7) is 3.90. The van der Waals surface area contributed by atoms with Gasteiger partial charge in [0.15, 0.2) is 0 Å². The normalized spacial score (nSPS) is 16.6. The Balaban J connectivity index is 1.94. The van der Waals surface area contributed by atoms with Crippen molar-refractivity contribution in [1.82, 2.24) is 15.2 Å². The van der Waals surface area contributed by atoms with Gasteiger partial charge in [0.05, 0.1) is 18.8 Å². The van der Waals surface area contributed by atoms with E-state index in [1.165, 1.54) is 6.20 Å². The van der Waals surface area contributed by atoms with Crippen LogP contribution in [0, 0.1) is 0 Å². The lowest BCUT2D eigenvalue weighted by molar-refractivity contribution is -0.136. The second-order valence-corrected chi connectivity index (χ2v) is 5.44. The zero-order chi connectivity index (χ0) is 14.5. The maximum Gasteiger partial charge on any atom is 0.253 e. The predicted octanol–water partition coefficient (Wildman–Crippen LogP) is 0.821. The molecular weight excluding hydrogens is 326 g/mol. The summed E-state index contributed by atoms with van der Waals surface area (Å²) in [5, 5.41) is 2.69. The van der Waals surface area contributed by atoms with Crippen LogP contribution in [0.15, 0.2) is 22.9 Å². The molecule has 0 radical (unpaired) electrons. The summed E-state index contributed by atoms with van der Waals surface area (Å²) in [4.78, 5) is 29.8. The largest absolute Gasteiger partial charge is 0.378 e. The lowest BCUT2D eigenvalue weighted by atomic mass is 10.2. The number of nitrogens with zero attached hydrogens (tertiary/aromatic N) is 2. The Morgan fingerprint density at radius 2 is 2.10 bits per heavy atom. The van der Waals surface area contributed by atoms with Gasteiger partial charge in [0.25, 0.3) is 5.91 Å². The van der Waals surface area contributed by atoms with Gasteiger partial charge in [0.2, 0.25) is 5.91 Å². The number of rotatable bonds is 3. The van der Waals surface area contributed by atoms with Crippen molar-refractivity contribution < 1.29 is 14.3 Å². The third-order valence-electron chi connectivity index (χ3n) is 3.01. The van der Waals surface area contributed by atoms with Gasteiger partial charge in [0.1, 0.15) is 6.04 Å². The van der Waals surface area contributed by atoms with E-state index in [1.807, 2.05) is 0 Å². The highest BCUT2D eigenvalue weighted by molar-refractivity contribution is 9.10. The molecule has 1 aliphatic heterocycles. The average Bonchev–Trinajstić information content (AvgIpc) is 2.47. The molecule has 20 heavy (non-hydrogen) atoms. The van der Waals surface area contributed by atoms with E-state index in [1.54, 1.807) is 24.1 Å². The summed E-state index contributed by atoms with van der Waals surface area (Å²) in [5.74, 6) is -0.405. The molecule has 0 aliphatic carbocycles. The molecule has 1 atom stereocenters. The quantitative estimate of drug-likeness (QED) is 0.883. The molecule has 2 rings (SSSR count). The van der Waals surface area contributed by atoms with Crippen LogP contribution in [0.5, 0.6) is 0 Å². The lowest BCUT2D eigenvalue weighted by Crippen LogP contribution is -2.50. The number of morpholine rings is 1. The van der Waals surface area contributed by atoms with Crippen LogP contribution in [-0.4, -0.2) is 54.0 Å². The first-order valence-corrected chi connectivity index (χ1v) is 7.15. The van der Waals surface area contributed by atoms with Gasteiger partial charge in [-0.2, -0.15) is 0 Å². The van der Waals surface area contributed by atoms with Crippen LogP contribution in [0.3, 0.4) is 0 Å². The summed E-state index contributed by atoms with van der Waals surface area (Å²) in [5.41, 5.74) is 0.418. The van der Waals surface area contributed by atoms with Crippen LogP contribution in [0.2, 0.25) is 0 Å². The van der Waals surface area contributed by atoms with Gasteiger partial charge >= 0.3 is 0 Å². The van der Waals surface area contributed by atoms with Gasteiger partial charge in [0, 0.05) is 30.0 Å². The zero-order valence-corrected chi connectivity index (χ0v) is 12.7. The molecular formula is C13H16BrN3O3. The van der Waals surface area contributed by atoms with Crippen molar-refractivity contribution in [3.8, 4) is 0 Å². The van der Waals surface area contributed by atoms with Crippen LogP contribution < -0.4 is 5.32 Å². The maximum atomic E-state index is 12.2. The summed E-state index contributed by atoms with van der Waals surface area (Å²) in [6.07, 6.45) is 3.06.